The van der Waals surface area contributed by atoms with Gasteiger partial charge in [-0.2, -0.15) is 0 Å². The molecule has 7 heteroatoms. The van der Waals surface area contributed by atoms with Crippen molar-refractivity contribution in [3.8, 4) is 0 Å². The normalized spacial score (nSPS) is 13.0. The molecule has 2 rings (SSSR count). The van der Waals surface area contributed by atoms with E-state index in [-0.39, 0.29) is 5.56 Å². The van der Waals surface area contributed by atoms with Gasteiger partial charge in [-0.3, -0.25) is 9.36 Å². The first kappa shape index (κ1) is 17.3. The summed E-state index contributed by atoms with van der Waals surface area (Å²) in [6, 6.07) is 4.60. The van der Waals surface area contributed by atoms with Crippen molar-refractivity contribution in [3.05, 3.63) is 39.4 Å². The molecule has 1 N–H and O–H groups in total. The first-order valence-electron chi connectivity index (χ1n) is 7.25. The molecule has 6 nitrogen and oxygen atoms in total. The highest BCUT2D eigenvalue weighted by molar-refractivity contribution is 6.35. The Morgan fingerprint density at radius 3 is 2.65 bits per heavy atom. The van der Waals surface area contributed by atoms with Crippen LogP contribution in [0.2, 0.25) is 5.02 Å². The van der Waals surface area contributed by atoms with E-state index < -0.39 is 17.7 Å². The van der Waals surface area contributed by atoms with E-state index in [9.17, 15) is 9.59 Å². The summed E-state index contributed by atoms with van der Waals surface area (Å²) in [5.74, 6) is 0.427. The summed E-state index contributed by atoms with van der Waals surface area (Å²) < 4.78 is 6.61. The molecular formula is C16H20ClN3O3. The highest BCUT2D eigenvalue weighted by Gasteiger charge is 2.21. The molecular weight excluding hydrogens is 318 g/mol. The van der Waals surface area contributed by atoms with E-state index in [1.165, 1.54) is 4.57 Å². The molecule has 0 fully saturated rings. The van der Waals surface area contributed by atoms with Gasteiger partial charge in [0.2, 0.25) is 0 Å². The highest BCUT2D eigenvalue weighted by atomic mass is 35.5. The van der Waals surface area contributed by atoms with Crippen molar-refractivity contribution >= 4 is 28.6 Å². The molecule has 23 heavy (non-hydrogen) atoms. The Morgan fingerprint density at radius 2 is 2.04 bits per heavy atom. The topological polar surface area (TPSA) is 73.2 Å². The number of hydrogen-bond acceptors (Lipinski definition) is 4. The molecule has 0 saturated heterocycles. The van der Waals surface area contributed by atoms with Crippen LogP contribution in [0.25, 0.3) is 10.9 Å². The number of ether oxygens (including phenoxy) is 1. The number of nitrogens with zero attached hydrogens (tertiary/aromatic N) is 2. The average molecular weight is 338 g/mol. The van der Waals surface area contributed by atoms with E-state index in [1.807, 2.05) is 0 Å². The zero-order valence-corrected chi connectivity index (χ0v) is 14.6. The number of aromatic nitrogens is 2. The molecule has 124 valence electrons. The van der Waals surface area contributed by atoms with Crippen molar-refractivity contribution in [1.29, 1.82) is 0 Å². The Balaban J connectivity index is 2.38. The number of fused-ring (bicyclic) bond motifs is 1. The third-order valence-electron chi connectivity index (χ3n) is 3.21. The van der Waals surface area contributed by atoms with Gasteiger partial charge in [-0.15, -0.1) is 0 Å². The average Bonchev–Trinajstić information content (AvgIpc) is 2.40. The maximum absolute atomic E-state index is 12.5. The number of carbonyl (C=O) groups is 1. The monoisotopic (exact) mass is 337 g/mol. The first-order valence-corrected chi connectivity index (χ1v) is 7.62. The van der Waals surface area contributed by atoms with Gasteiger partial charge in [0.1, 0.15) is 11.4 Å². The van der Waals surface area contributed by atoms with Crippen molar-refractivity contribution in [2.24, 2.45) is 7.05 Å². The Labute approximate surface area is 139 Å². The molecule has 1 unspecified atom stereocenters. The Hall–Kier alpha value is -2.08. The van der Waals surface area contributed by atoms with Gasteiger partial charge in [0.25, 0.3) is 5.56 Å². The maximum atomic E-state index is 12.5. The van der Waals surface area contributed by atoms with Gasteiger partial charge in [0.05, 0.1) is 22.0 Å². The molecule has 1 aromatic carbocycles. The van der Waals surface area contributed by atoms with Crippen molar-refractivity contribution in [2.45, 2.75) is 39.3 Å². The standard InChI is InChI=1S/C16H20ClN3O3/c1-9(18-15(22)23-16(2,3)4)13-19-11-8-6-7-10(17)12(11)14(21)20(13)5/h6-9H,1-5H3,(H,18,22). The molecule has 0 saturated carbocycles. The van der Waals surface area contributed by atoms with E-state index in [2.05, 4.69) is 10.3 Å². The predicted molar refractivity (Wildman–Crippen MR) is 89.8 cm³/mol. The fourth-order valence-electron chi connectivity index (χ4n) is 2.22. The zero-order valence-electron chi connectivity index (χ0n) is 13.8. The highest BCUT2D eigenvalue weighted by Crippen LogP contribution is 2.20. The van der Waals surface area contributed by atoms with E-state index in [4.69, 9.17) is 16.3 Å². The van der Waals surface area contributed by atoms with Gasteiger partial charge in [0, 0.05) is 7.05 Å². The smallest absolute Gasteiger partial charge is 0.408 e. The second-order valence-electron chi connectivity index (χ2n) is 6.34. The number of nitrogens with one attached hydrogen (secondary N) is 1. The van der Waals surface area contributed by atoms with Crippen LogP contribution >= 0.6 is 11.6 Å². The SMILES string of the molecule is CC(NC(=O)OC(C)(C)C)c1nc2cccc(Cl)c2c(=O)n1C. The molecule has 0 radical (unpaired) electrons. The maximum Gasteiger partial charge on any atom is 0.408 e. The quantitative estimate of drug-likeness (QED) is 0.913. The lowest BCUT2D eigenvalue weighted by atomic mass is 10.2. The molecule has 0 aliphatic rings. The van der Waals surface area contributed by atoms with Crippen LogP contribution in [0, 0.1) is 0 Å². The summed E-state index contributed by atoms with van der Waals surface area (Å²) in [6.07, 6.45) is -0.564. The van der Waals surface area contributed by atoms with E-state index in [0.29, 0.717) is 21.7 Å². The van der Waals surface area contributed by atoms with Crippen LogP contribution in [0.1, 0.15) is 39.6 Å². The summed E-state index contributed by atoms with van der Waals surface area (Å²) in [5, 5.41) is 3.41. The van der Waals surface area contributed by atoms with Gasteiger partial charge in [-0.1, -0.05) is 17.7 Å². The number of amides is 1. The number of hydrogen-bond donors (Lipinski definition) is 1. The van der Waals surface area contributed by atoms with Crippen LogP contribution in [0.5, 0.6) is 0 Å². The van der Waals surface area contributed by atoms with Crippen LogP contribution in [0.4, 0.5) is 4.79 Å². The number of rotatable bonds is 2. The summed E-state index contributed by atoms with van der Waals surface area (Å²) in [6.45, 7) is 7.08. The minimum atomic E-state index is -0.597. The van der Waals surface area contributed by atoms with E-state index >= 15 is 0 Å². The van der Waals surface area contributed by atoms with Crippen LogP contribution < -0.4 is 10.9 Å². The molecule has 0 aliphatic heterocycles. The van der Waals surface area contributed by atoms with E-state index in [1.54, 1.807) is 52.9 Å². The van der Waals surface area contributed by atoms with Gasteiger partial charge >= 0.3 is 6.09 Å². The second kappa shape index (κ2) is 6.20. The zero-order chi connectivity index (χ0) is 17.4. The van der Waals surface area contributed by atoms with Crippen molar-refractivity contribution < 1.29 is 9.53 Å². The number of halogens is 1. The molecule has 0 spiro atoms. The summed E-state index contributed by atoms with van der Waals surface area (Å²) >= 11 is 6.08. The molecule has 1 atom stereocenters. The second-order valence-corrected chi connectivity index (χ2v) is 6.74. The number of carbonyl (C=O) groups excluding carboxylic acids is 1. The van der Waals surface area contributed by atoms with Gasteiger partial charge < -0.3 is 10.1 Å². The molecule has 0 bridgehead atoms. The molecule has 1 aromatic heterocycles. The lowest BCUT2D eigenvalue weighted by Crippen LogP contribution is -2.36. The lowest BCUT2D eigenvalue weighted by Gasteiger charge is -2.22. The third-order valence-corrected chi connectivity index (χ3v) is 3.52. The van der Waals surface area contributed by atoms with Crippen molar-refractivity contribution in [1.82, 2.24) is 14.9 Å². The van der Waals surface area contributed by atoms with Crippen LogP contribution in [0.3, 0.4) is 0 Å². The Kier molecular flexibility index (Phi) is 4.66. The molecule has 0 aliphatic carbocycles. The molecule has 2 aromatic rings. The van der Waals surface area contributed by atoms with Crippen LogP contribution in [0.15, 0.2) is 23.0 Å². The summed E-state index contributed by atoms with van der Waals surface area (Å²) in [7, 11) is 1.60. The minimum Gasteiger partial charge on any atom is -0.444 e. The summed E-state index contributed by atoms with van der Waals surface area (Å²) in [5.41, 5.74) is -0.359. The predicted octanol–water partition coefficient (Wildman–Crippen LogP) is 3.17. The Morgan fingerprint density at radius 1 is 1.39 bits per heavy atom. The fraction of sp³-hybridized carbons (Fsp3) is 0.438. The minimum absolute atomic E-state index is 0.256. The number of alkyl carbamates (subject to hydrolysis) is 1. The van der Waals surface area contributed by atoms with Gasteiger partial charge in [-0.25, -0.2) is 9.78 Å². The molecule has 1 heterocycles. The Bertz CT molecular complexity index is 809. The van der Waals surface area contributed by atoms with Crippen LogP contribution in [-0.4, -0.2) is 21.2 Å². The summed E-state index contributed by atoms with van der Waals surface area (Å²) in [4.78, 5) is 28.8. The lowest BCUT2D eigenvalue weighted by molar-refractivity contribution is 0.0505. The number of benzene rings is 1. The van der Waals surface area contributed by atoms with Crippen molar-refractivity contribution in [2.75, 3.05) is 0 Å². The fourth-order valence-corrected chi connectivity index (χ4v) is 2.47. The van der Waals surface area contributed by atoms with E-state index in [0.717, 1.165) is 0 Å². The third kappa shape index (κ3) is 3.82. The molecule has 1 amide bonds. The van der Waals surface area contributed by atoms with Crippen LogP contribution in [-0.2, 0) is 11.8 Å². The van der Waals surface area contributed by atoms with Crippen molar-refractivity contribution in [3.63, 3.8) is 0 Å². The van der Waals surface area contributed by atoms with Gasteiger partial charge in [-0.05, 0) is 39.8 Å². The first-order chi connectivity index (χ1) is 10.6. The van der Waals surface area contributed by atoms with Gasteiger partial charge in [0.15, 0.2) is 0 Å². The largest absolute Gasteiger partial charge is 0.444 e.